The number of fused-ring (bicyclic) bond motifs is 1. The zero-order valence-electron chi connectivity index (χ0n) is 12.1. The highest BCUT2D eigenvalue weighted by atomic mass is 32.2. The van der Waals surface area contributed by atoms with Gasteiger partial charge in [-0.05, 0) is 44.0 Å². The summed E-state index contributed by atoms with van der Waals surface area (Å²) in [6.07, 6.45) is 3.24. The maximum absolute atomic E-state index is 7.72. The van der Waals surface area contributed by atoms with Crippen LogP contribution in [0.3, 0.4) is 0 Å². The van der Waals surface area contributed by atoms with Gasteiger partial charge in [0.15, 0.2) is 0 Å². The molecule has 4 heteroatoms. The van der Waals surface area contributed by atoms with E-state index in [4.69, 9.17) is 11.1 Å². The third-order valence-electron chi connectivity index (χ3n) is 4.79. The maximum Gasteiger partial charge on any atom is 0.0966 e. The summed E-state index contributed by atoms with van der Waals surface area (Å²) in [5.74, 6) is 0.361. The fourth-order valence-corrected chi connectivity index (χ4v) is 4.51. The molecule has 1 aromatic carbocycles. The summed E-state index contributed by atoms with van der Waals surface area (Å²) < 4.78 is 0. The van der Waals surface area contributed by atoms with E-state index >= 15 is 0 Å². The number of likely N-dealkylation sites (tertiary alicyclic amines) is 1. The molecule has 0 amide bonds. The van der Waals surface area contributed by atoms with Gasteiger partial charge in [-0.3, -0.25) is 5.41 Å². The van der Waals surface area contributed by atoms with Crippen LogP contribution in [0.4, 0.5) is 0 Å². The third-order valence-corrected chi connectivity index (χ3v) is 6.09. The van der Waals surface area contributed by atoms with E-state index in [1.54, 1.807) is 0 Å². The summed E-state index contributed by atoms with van der Waals surface area (Å²) in [5.41, 5.74) is 7.17. The standard InChI is InChI=1S/C16H23N3S/c1-16(15(17)18)6-8-19(9-7-16)11-13-10-12-4-2-3-5-14(12)20-13/h2-5,13H,6-11H2,1H3,(H3,17,18). The SMILES string of the molecule is CC1(C(=N)N)CCN(CC2Cc3ccccc3S2)CC1. The van der Waals surface area contributed by atoms with E-state index in [-0.39, 0.29) is 5.41 Å². The van der Waals surface area contributed by atoms with Gasteiger partial charge in [0.1, 0.15) is 0 Å². The number of piperidine rings is 1. The van der Waals surface area contributed by atoms with Gasteiger partial charge in [0, 0.05) is 22.1 Å². The summed E-state index contributed by atoms with van der Waals surface area (Å²) in [5, 5.41) is 8.41. The molecule has 2 aliphatic heterocycles. The monoisotopic (exact) mass is 289 g/mol. The van der Waals surface area contributed by atoms with E-state index in [1.165, 1.54) is 16.9 Å². The summed E-state index contributed by atoms with van der Waals surface area (Å²) in [4.78, 5) is 4.01. The van der Waals surface area contributed by atoms with Crippen LogP contribution >= 0.6 is 11.8 Å². The Balaban J connectivity index is 1.53. The lowest BCUT2D eigenvalue weighted by Crippen LogP contribution is -2.46. The zero-order valence-corrected chi connectivity index (χ0v) is 12.9. The lowest BCUT2D eigenvalue weighted by molar-refractivity contribution is 0.163. The molecule has 1 saturated heterocycles. The highest BCUT2D eigenvalue weighted by molar-refractivity contribution is 8.00. The third kappa shape index (κ3) is 2.72. The number of nitrogens with two attached hydrogens (primary N) is 1. The number of hydrogen-bond acceptors (Lipinski definition) is 3. The number of nitrogens with one attached hydrogen (secondary N) is 1. The van der Waals surface area contributed by atoms with Crippen LogP contribution in [0.15, 0.2) is 29.2 Å². The Hall–Kier alpha value is -1.00. The van der Waals surface area contributed by atoms with E-state index in [9.17, 15) is 0 Å². The number of benzene rings is 1. The lowest BCUT2D eigenvalue weighted by atomic mass is 9.79. The smallest absolute Gasteiger partial charge is 0.0966 e. The predicted molar refractivity (Wildman–Crippen MR) is 85.5 cm³/mol. The molecule has 1 fully saturated rings. The van der Waals surface area contributed by atoms with Gasteiger partial charge in [-0.25, -0.2) is 0 Å². The van der Waals surface area contributed by atoms with Crippen molar-refractivity contribution in [3.05, 3.63) is 29.8 Å². The first-order valence-electron chi connectivity index (χ1n) is 7.38. The van der Waals surface area contributed by atoms with Gasteiger partial charge in [0.2, 0.25) is 0 Å². The molecule has 1 unspecified atom stereocenters. The van der Waals surface area contributed by atoms with Crippen LogP contribution in [0.25, 0.3) is 0 Å². The van der Waals surface area contributed by atoms with E-state index < -0.39 is 0 Å². The van der Waals surface area contributed by atoms with Crippen molar-refractivity contribution in [3.8, 4) is 0 Å². The Labute approximate surface area is 125 Å². The maximum atomic E-state index is 7.72. The molecule has 0 bridgehead atoms. The highest BCUT2D eigenvalue weighted by Crippen LogP contribution is 2.38. The largest absolute Gasteiger partial charge is 0.387 e. The number of rotatable bonds is 3. The minimum atomic E-state index is -0.0672. The molecule has 0 aliphatic carbocycles. The number of hydrogen-bond donors (Lipinski definition) is 2. The van der Waals surface area contributed by atoms with Crippen LogP contribution in [-0.4, -0.2) is 35.6 Å². The Morgan fingerprint density at radius 2 is 2.10 bits per heavy atom. The molecule has 2 heterocycles. The van der Waals surface area contributed by atoms with E-state index in [0.29, 0.717) is 11.1 Å². The first-order valence-corrected chi connectivity index (χ1v) is 8.26. The van der Waals surface area contributed by atoms with Gasteiger partial charge in [0.25, 0.3) is 0 Å². The van der Waals surface area contributed by atoms with Crippen LogP contribution < -0.4 is 5.73 Å². The molecular formula is C16H23N3S. The van der Waals surface area contributed by atoms with E-state index in [1.807, 2.05) is 11.8 Å². The summed E-state index contributed by atoms with van der Waals surface area (Å²) in [7, 11) is 0. The van der Waals surface area contributed by atoms with Crippen molar-refractivity contribution in [2.75, 3.05) is 19.6 Å². The molecular weight excluding hydrogens is 266 g/mol. The fourth-order valence-electron chi connectivity index (χ4n) is 3.14. The van der Waals surface area contributed by atoms with E-state index in [0.717, 1.165) is 32.5 Å². The molecule has 0 saturated carbocycles. The Morgan fingerprint density at radius 3 is 2.75 bits per heavy atom. The van der Waals surface area contributed by atoms with Gasteiger partial charge in [-0.1, -0.05) is 25.1 Å². The molecule has 0 spiro atoms. The molecule has 1 atom stereocenters. The fraction of sp³-hybridized carbons (Fsp3) is 0.562. The Kier molecular flexibility index (Phi) is 3.78. The Bertz CT molecular complexity index is 481. The first-order chi connectivity index (χ1) is 9.57. The predicted octanol–water partition coefficient (Wildman–Crippen LogP) is 2.74. The van der Waals surface area contributed by atoms with Crippen LogP contribution in [0.5, 0.6) is 0 Å². The van der Waals surface area contributed by atoms with Gasteiger partial charge in [0.05, 0.1) is 5.84 Å². The van der Waals surface area contributed by atoms with Crippen LogP contribution in [-0.2, 0) is 6.42 Å². The van der Waals surface area contributed by atoms with Crippen molar-refractivity contribution < 1.29 is 0 Å². The minimum Gasteiger partial charge on any atom is -0.387 e. The summed E-state index contributed by atoms with van der Waals surface area (Å²) in [6, 6.07) is 8.77. The first kappa shape index (κ1) is 14.0. The molecule has 3 N–H and O–H groups in total. The van der Waals surface area contributed by atoms with Gasteiger partial charge in [-0.2, -0.15) is 0 Å². The van der Waals surface area contributed by atoms with Crippen LogP contribution in [0, 0.1) is 10.8 Å². The number of amidine groups is 1. The molecule has 0 aromatic heterocycles. The normalized spacial score (nSPS) is 25.4. The van der Waals surface area contributed by atoms with E-state index in [2.05, 4.69) is 36.1 Å². The molecule has 2 aliphatic rings. The molecule has 108 valence electrons. The van der Waals surface area contributed by atoms with Crippen molar-refractivity contribution in [2.45, 2.75) is 36.3 Å². The van der Waals surface area contributed by atoms with Gasteiger partial charge in [-0.15, -0.1) is 11.8 Å². The number of nitrogens with zero attached hydrogens (tertiary/aromatic N) is 1. The van der Waals surface area contributed by atoms with Crippen molar-refractivity contribution in [2.24, 2.45) is 11.1 Å². The van der Waals surface area contributed by atoms with Gasteiger partial charge >= 0.3 is 0 Å². The molecule has 0 radical (unpaired) electrons. The molecule has 3 nitrogen and oxygen atoms in total. The quantitative estimate of drug-likeness (QED) is 0.664. The van der Waals surface area contributed by atoms with Gasteiger partial charge < -0.3 is 10.6 Å². The van der Waals surface area contributed by atoms with Crippen LogP contribution in [0.2, 0.25) is 0 Å². The average molecular weight is 289 g/mol. The lowest BCUT2D eigenvalue weighted by Gasteiger charge is -2.39. The summed E-state index contributed by atoms with van der Waals surface area (Å²) in [6.45, 7) is 5.44. The number of thioether (sulfide) groups is 1. The molecule has 3 rings (SSSR count). The second-order valence-corrected chi connectivity index (χ2v) is 7.67. The molecule has 1 aromatic rings. The second-order valence-electron chi connectivity index (χ2n) is 6.33. The van der Waals surface area contributed by atoms with Crippen molar-refractivity contribution >= 4 is 17.6 Å². The van der Waals surface area contributed by atoms with Crippen molar-refractivity contribution in [3.63, 3.8) is 0 Å². The highest BCUT2D eigenvalue weighted by Gasteiger charge is 2.34. The second kappa shape index (κ2) is 5.41. The zero-order chi connectivity index (χ0) is 14.2. The topological polar surface area (TPSA) is 53.1 Å². The van der Waals surface area contributed by atoms with Crippen molar-refractivity contribution in [1.29, 1.82) is 5.41 Å². The summed E-state index contributed by atoms with van der Waals surface area (Å²) >= 11 is 2.03. The average Bonchev–Trinajstić information content (AvgIpc) is 2.83. The Morgan fingerprint density at radius 1 is 1.40 bits per heavy atom. The molecule has 20 heavy (non-hydrogen) atoms. The van der Waals surface area contributed by atoms with Crippen LogP contribution in [0.1, 0.15) is 25.3 Å². The minimum absolute atomic E-state index is 0.0672. The van der Waals surface area contributed by atoms with Crippen molar-refractivity contribution in [1.82, 2.24) is 4.90 Å².